The molecule has 0 aliphatic rings. The average molecular weight is 319 g/mol. The van der Waals surface area contributed by atoms with E-state index in [4.69, 9.17) is 5.73 Å². The highest BCUT2D eigenvalue weighted by Gasteiger charge is 2.20. The number of thiazole rings is 1. The molecule has 118 valence electrons. The van der Waals surface area contributed by atoms with E-state index in [2.05, 4.69) is 41.0 Å². The van der Waals surface area contributed by atoms with Crippen molar-refractivity contribution in [2.45, 2.75) is 46.1 Å². The van der Waals surface area contributed by atoms with Crippen molar-refractivity contribution in [1.82, 2.24) is 15.0 Å². The minimum Gasteiger partial charge on any atom is -0.322 e. The molecule has 0 saturated carbocycles. The molecule has 2 aromatic heterocycles. The molecule has 0 radical (unpaired) electrons. The summed E-state index contributed by atoms with van der Waals surface area (Å²) in [5.41, 5.74) is 7.56. The maximum Gasteiger partial charge on any atom is 0.269 e. The zero-order valence-corrected chi connectivity index (χ0v) is 14.3. The Kier molecular flexibility index (Phi) is 4.58. The number of nitrogens with zero attached hydrogens (tertiary/aromatic N) is 3. The van der Waals surface area contributed by atoms with Gasteiger partial charge in [-0.15, -0.1) is 11.3 Å². The SMILES string of the molecule is Cc1cnc(NC(=O)c2cnc(C(C)N)s2)nc1C(C)(C)C. The minimum absolute atomic E-state index is 0.112. The van der Waals surface area contributed by atoms with Gasteiger partial charge in [-0.2, -0.15) is 0 Å². The number of rotatable bonds is 3. The van der Waals surface area contributed by atoms with Gasteiger partial charge in [-0.05, 0) is 19.4 Å². The van der Waals surface area contributed by atoms with Crippen LogP contribution in [0.15, 0.2) is 12.4 Å². The third-order valence-electron chi connectivity index (χ3n) is 3.04. The van der Waals surface area contributed by atoms with E-state index in [0.29, 0.717) is 10.8 Å². The van der Waals surface area contributed by atoms with E-state index in [1.54, 1.807) is 6.20 Å². The number of hydrogen-bond acceptors (Lipinski definition) is 6. The van der Waals surface area contributed by atoms with E-state index >= 15 is 0 Å². The first-order chi connectivity index (χ1) is 10.2. The summed E-state index contributed by atoms with van der Waals surface area (Å²) in [5.74, 6) is 0.0318. The molecule has 22 heavy (non-hydrogen) atoms. The van der Waals surface area contributed by atoms with Crippen LogP contribution in [-0.2, 0) is 5.41 Å². The molecule has 1 atom stereocenters. The molecule has 7 heteroatoms. The Morgan fingerprint density at radius 2 is 2.00 bits per heavy atom. The zero-order chi connectivity index (χ0) is 16.5. The number of nitrogens with two attached hydrogens (primary N) is 1. The van der Waals surface area contributed by atoms with E-state index in [1.165, 1.54) is 17.5 Å². The topological polar surface area (TPSA) is 93.8 Å². The number of anilines is 1. The standard InChI is InChI=1S/C15H21N5OS/c1-8-6-18-14(19-11(8)15(3,4)5)20-12(21)10-7-17-13(22-10)9(2)16/h6-7,9H,16H2,1-5H3,(H,18,19,20,21). The smallest absolute Gasteiger partial charge is 0.269 e. The monoisotopic (exact) mass is 319 g/mol. The van der Waals surface area contributed by atoms with Crippen LogP contribution in [0.1, 0.15) is 59.7 Å². The lowest BCUT2D eigenvalue weighted by atomic mass is 9.89. The zero-order valence-electron chi connectivity index (χ0n) is 13.5. The molecule has 3 N–H and O–H groups in total. The maximum atomic E-state index is 12.2. The van der Waals surface area contributed by atoms with Gasteiger partial charge >= 0.3 is 0 Å². The normalized spacial score (nSPS) is 13.0. The fraction of sp³-hybridized carbons (Fsp3) is 0.467. The van der Waals surface area contributed by atoms with Gasteiger partial charge in [0.15, 0.2) is 0 Å². The molecular weight excluding hydrogens is 298 g/mol. The second-order valence-electron chi connectivity index (χ2n) is 6.28. The summed E-state index contributed by atoms with van der Waals surface area (Å²) in [5, 5.41) is 3.45. The van der Waals surface area contributed by atoms with Crippen molar-refractivity contribution in [3.63, 3.8) is 0 Å². The summed E-state index contributed by atoms with van der Waals surface area (Å²) in [6.45, 7) is 10.0. The third kappa shape index (κ3) is 3.66. The van der Waals surface area contributed by atoms with E-state index in [9.17, 15) is 4.79 Å². The van der Waals surface area contributed by atoms with Crippen molar-refractivity contribution < 1.29 is 4.79 Å². The molecule has 0 aliphatic heterocycles. The number of carbonyl (C=O) groups excluding carboxylic acids is 1. The number of aromatic nitrogens is 3. The second-order valence-corrected chi connectivity index (χ2v) is 7.34. The second kappa shape index (κ2) is 6.10. The quantitative estimate of drug-likeness (QED) is 0.907. The highest BCUT2D eigenvalue weighted by molar-refractivity contribution is 7.13. The largest absolute Gasteiger partial charge is 0.322 e. The third-order valence-corrected chi connectivity index (χ3v) is 4.24. The summed E-state index contributed by atoms with van der Waals surface area (Å²) >= 11 is 1.28. The molecule has 0 fully saturated rings. The van der Waals surface area contributed by atoms with Crippen LogP contribution in [0, 0.1) is 6.92 Å². The van der Waals surface area contributed by atoms with Gasteiger partial charge in [0.05, 0.1) is 17.9 Å². The molecular formula is C15H21N5OS. The lowest BCUT2D eigenvalue weighted by Crippen LogP contribution is -2.19. The van der Waals surface area contributed by atoms with Crippen LogP contribution in [-0.4, -0.2) is 20.9 Å². The Hall–Kier alpha value is -1.86. The average Bonchev–Trinajstić information content (AvgIpc) is 2.89. The fourth-order valence-corrected chi connectivity index (χ4v) is 2.79. The van der Waals surface area contributed by atoms with Crippen molar-refractivity contribution in [2.24, 2.45) is 5.73 Å². The van der Waals surface area contributed by atoms with E-state index < -0.39 is 0 Å². The number of hydrogen-bond donors (Lipinski definition) is 2. The molecule has 1 amide bonds. The molecule has 6 nitrogen and oxygen atoms in total. The van der Waals surface area contributed by atoms with Crippen molar-refractivity contribution in [3.05, 3.63) is 33.5 Å². The van der Waals surface area contributed by atoms with Gasteiger partial charge in [-0.3, -0.25) is 10.1 Å². The molecule has 0 bridgehead atoms. The maximum absolute atomic E-state index is 12.2. The molecule has 2 aromatic rings. The summed E-state index contributed by atoms with van der Waals surface area (Å²) in [6.07, 6.45) is 3.25. The predicted octanol–water partition coefficient (Wildman–Crippen LogP) is 2.81. The number of nitrogens with one attached hydrogen (secondary N) is 1. The summed E-state index contributed by atoms with van der Waals surface area (Å²) in [4.78, 5) is 25.5. The van der Waals surface area contributed by atoms with E-state index in [0.717, 1.165) is 16.3 Å². The van der Waals surface area contributed by atoms with Gasteiger partial charge < -0.3 is 5.73 Å². The van der Waals surface area contributed by atoms with Crippen LogP contribution in [0.2, 0.25) is 0 Å². The first-order valence-electron chi connectivity index (χ1n) is 7.05. The fourth-order valence-electron chi connectivity index (χ4n) is 2.03. The van der Waals surface area contributed by atoms with Gasteiger partial charge in [0.2, 0.25) is 5.95 Å². The number of amides is 1. The number of carbonyl (C=O) groups is 1. The van der Waals surface area contributed by atoms with Crippen molar-refractivity contribution in [2.75, 3.05) is 5.32 Å². The van der Waals surface area contributed by atoms with Crippen molar-refractivity contribution in [3.8, 4) is 0 Å². The lowest BCUT2D eigenvalue weighted by molar-refractivity contribution is 0.102. The van der Waals surface area contributed by atoms with Gasteiger partial charge in [-0.25, -0.2) is 15.0 Å². The van der Waals surface area contributed by atoms with Crippen LogP contribution in [0.5, 0.6) is 0 Å². The Morgan fingerprint density at radius 3 is 2.55 bits per heavy atom. The van der Waals surface area contributed by atoms with Crippen LogP contribution in [0.25, 0.3) is 0 Å². The molecule has 2 heterocycles. The molecule has 1 unspecified atom stereocenters. The Bertz CT molecular complexity index is 687. The van der Waals surface area contributed by atoms with Gasteiger partial charge in [0, 0.05) is 11.6 Å². The van der Waals surface area contributed by atoms with E-state index in [1.807, 2.05) is 13.8 Å². The first-order valence-corrected chi connectivity index (χ1v) is 7.87. The molecule has 0 spiro atoms. The van der Waals surface area contributed by atoms with Crippen molar-refractivity contribution >= 4 is 23.2 Å². The van der Waals surface area contributed by atoms with Crippen LogP contribution in [0.3, 0.4) is 0 Å². The van der Waals surface area contributed by atoms with Gasteiger partial charge in [0.1, 0.15) is 9.88 Å². The van der Waals surface area contributed by atoms with Gasteiger partial charge in [0.25, 0.3) is 5.91 Å². The Balaban J connectivity index is 2.21. The van der Waals surface area contributed by atoms with E-state index in [-0.39, 0.29) is 17.4 Å². The van der Waals surface area contributed by atoms with Crippen LogP contribution in [0.4, 0.5) is 5.95 Å². The molecule has 0 aromatic carbocycles. The minimum atomic E-state index is -0.270. The lowest BCUT2D eigenvalue weighted by Gasteiger charge is -2.20. The predicted molar refractivity (Wildman–Crippen MR) is 88.1 cm³/mol. The first kappa shape index (κ1) is 16.5. The Labute approximate surface area is 134 Å². The molecule has 0 aliphatic carbocycles. The van der Waals surface area contributed by atoms with Crippen LogP contribution < -0.4 is 11.1 Å². The highest BCUT2D eigenvalue weighted by atomic mass is 32.1. The summed E-state index contributed by atoms with van der Waals surface area (Å²) in [7, 11) is 0. The molecule has 0 saturated heterocycles. The van der Waals surface area contributed by atoms with Gasteiger partial charge in [-0.1, -0.05) is 20.8 Å². The number of aryl methyl sites for hydroxylation is 1. The molecule has 2 rings (SSSR count). The highest BCUT2D eigenvalue weighted by Crippen LogP contribution is 2.24. The summed E-state index contributed by atoms with van der Waals surface area (Å²) < 4.78 is 0. The van der Waals surface area contributed by atoms with Crippen molar-refractivity contribution in [1.29, 1.82) is 0 Å². The summed E-state index contributed by atoms with van der Waals surface area (Å²) in [6, 6.07) is -0.185. The Morgan fingerprint density at radius 1 is 1.32 bits per heavy atom. The van der Waals surface area contributed by atoms with Crippen LogP contribution >= 0.6 is 11.3 Å².